The second-order valence-corrected chi connectivity index (χ2v) is 4.10. The van der Waals surface area contributed by atoms with Crippen molar-refractivity contribution in [3.05, 3.63) is 48.5 Å². The Morgan fingerprint density at radius 2 is 1.83 bits per heavy atom. The third kappa shape index (κ3) is 1.90. The Kier molecular flexibility index (Phi) is 2.62. The van der Waals surface area contributed by atoms with Crippen molar-refractivity contribution in [1.29, 1.82) is 0 Å². The molecule has 5 heteroatoms. The molecule has 0 saturated carbocycles. The summed E-state index contributed by atoms with van der Waals surface area (Å²) in [5.41, 5.74) is 3.13. The number of fused-ring (bicyclic) bond motifs is 1. The lowest BCUT2D eigenvalue weighted by molar-refractivity contribution is 0.426. The maximum absolute atomic E-state index is 9.16. The molecule has 3 N–H and O–H groups in total. The van der Waals surface area contributed by atoms with Crippen LogP contribution in [0.15, 0.2) is 48.5 Å². The first-order valence-electron chi connectivity index (χ1n) is 5.65. The first-order valence-corrected chi connectivity index (χ1v) is 5.65. The molecular weight excluding hydrogens is 227 g/mol. The standard InChI is InChI=1S/C13H11BN2O2/c17-14(18)10-5-3-4-9(8-10)13-15-11-6-1-2-7-12(11)16-13/h1-8,17-18H,(H,15,16). The van der Waals surface area contributed by atoms with E-state index in [1.807, 2.05) is 30.3 Å². The van der Waals surface area contributed by atoms with Gasteiger partial charge in [0.1, 0.15) is 5.82 Å². The highest BCUT2D eigenvalue weighted by molar-refractivity contribution is 6.58. The van der Waals surface area contributed by atoms with Crippen LogP contribution < -0.4 is 5.46 Å². The van der Waals surface area contributed by atoms with Gasteiger partial charge in [-0.15, -0.1) is 0 Å². The van der Waals surface area contributed by atoms with Crippen LogP contribution >= 0.6 is 0 Å². The highest BCUT2D eigenvalue weighted by Gasteiger charge is 2.12. The van der Waals surface area contributed by atoms with Crippen molar-refractivity contribution in [3.8, 4) is 11.4 Å². The fourth-order valence-corrected chi connectivity index (χ4v) is 1.94. The predicted octanol–water partition coefficient (Wildman–Crippen LogP) is 0.910. The van der Waals surface area contributed by atoms with Crippen LogP contribution in [0.3, 0.4) is 0 Å². The molecule has 0 atom stereocenters. The number of H-pyrrole nitrogens is 1. The van der Waals surface area contributed by atoms with Gasteiger partial charge in [-0.1, -0.05) is 36.4 Å². The van der Waals surface area contributed by atoms with Crippen LogP contribution in [-0.4, -0.2) is 27.1 Å². The number of aromatic nitrogens is 2. The van der Waals surface area contributed by atoms with Crippen LogP contribution in [0.5, 0.6) is 0 Å². The Morgan fingerprint density at radius 3 is 2.61 bits per heavy atom. The van der Waals surface area contributed by atoms with E-state index in [0.717, 1.165) is 22.4 Å². The van der Waals surface area contributed by atoms with Crippen molar-refractivity contribution in [1.82, 2.24) is 9.97 Å². The third-order valence-corrected chi connectivity index (χ3v) is 2.85. The Morgan fingerprint density at radius 1 is 1.00 bits per heavy atom. The lowest BCUT2D eigenvalue weighted by Crippen LogP contribution is -2.29. The van der Waals surface area contributed by atoms with E-state index in [-0.39, 0.29) is 0 Å². The van der Waals surface area contributed by atoms with Crippen LogP contribution in [0.2, 0.25) is 0 Å². The van der Waals surface area contributed by atoms with Gasteiger partial charge < -0.3 is 15.0 Å². The third-order valence-electron chi connectivity index (χ3n) is 2.85. The van der Waals surface area contributed by atoms with Gasteiger partial charge in [-0.2, -0.15) is 0 Å². The molecule has 0 spiro atoms. The zero-order chi connectivity index (χ0) is 12.5. The molecule has 4 nitrogen and oxygen atoms in total. The smallest absolute Gasteiger partial charge is 0.423 e. The molecule has 0 radical (unpaired) electrons. The minimum absolute atomic E-state index is 0.452. The van der Waals surface area contributed by atoms with E-state index in [2.05, 4.69) is 9.97 Å². The normalized spacial score (nSPS) is 10.8. The largest absolute Gasteiger partial charge is 0.488 e. The lowest BCUT2D eigenvalue weighted by Gasteiger charge is -2.01. The summed E-state index contributed by atoms with van der Waals surface area (Å²) in [4.78, 5) is 7.67. The predicted molar refractivity (Wildman–Crippen MR) is 71.4 cm³/mol. The lowest BCUT2D eigenvalue weighted by atomic mass is 9.79. The van der Waals surface area contributed by atoms with Gasteiger partial charge in [0.2, 0.25) is 0 Å². The highest BCUT2D eigenvalue weighted by Crippen LogP contribution is 2.19. The fourth-order valence-electron chi connectivity index (χ4n) is 1.94. The number of hydrogen-bond acceptors (Lipinski definition) is 3. The zero-order valence-electron chi connectivity index (χ0n) is 9.54. The number of rotatable bonds is 2. The average molecular weight is 238 g/mol. The van der Waals surface area contributed by atoms with E-state index in [4.69, 9.17) is 10.0 Å². The molecule has 0 aliphatic heterocycles. The minimum Gasteiger partial charge on any atom is -0.423 e. The molecular formula is C13H11BN2O2. The summed E-state index contributed by atoms with van der Waals surface area (Å²) in [6.07, 6.45) is 0. The molecule has 0 unspecified atom stereocenters. The van der Waals surface area contributed by atoms with Gasteiger partial charge in [0, 0.05) is 5.56 Å². The van der Waals surface area contributed by atoms with Crippen molar-refractivity contribution in [2.75, 3.05) is 0 Å². The van der Waals surface area contributed by atoms with Crippen LogP contribution in [-0.2, 0) is 0 Å². The number of para-hydroxylation sites is 2. The quantitative estimate of drug-likeness (QED) is 0.581. The molecule has 1 aromatic heterocycles. The molecule has 1 heterocycles. The number of hydrogen-bond donors (Lipinski definition) is 3. The van der Waals surface area contributed by atoms with Crippen LogP contribution in [0.25, 0.3) is 22.4 Å². The highest BCUT2D eigenvalue weighted by atomic mass is 16.4. The number of nitrogens with zero attached hydrogens (tertiary/aromatic N) is 1. The summed E-state index contributed by atoms with van der Waals surface area (Å²) >= 11 is 0. The molecule has 2 aromatic carbocycles. The number of benzene rings is 2. The number of nitrogens with one attached hydrogen (secondary N) is 1. The molecule has 0 fully saturated rings. The van der Waals surface area contributed by atoms with Crippen molar-refractivity contribution < 1.29 is 10.0 Å². The zero-order valence-corrected chi connectivity index (χ0v) is 9.54. The van der Waals surface area contributed by atoms with E-state index in [0.29, 0.717) is 5.46 Å². The van der Waals surface area contributed by atoms with E-state index in [1.165, 1.54) is 0 Å². The monoisotopic (exact) mass is 238 g/mol. The Labute approximate surface area is 104 Å². The second-order valence-electron chi connectivity index (χ2n) is 4.10. The maximum Gasteiger partial charge on any atom is 0.488 e. The van der Waals surface area contributed by atoms with Gasteiger partial charge in [0.15, 0.2) is 0 Å². The van der Waals surface area contributed by atoms with Crippen molar-refractivity contribution >= 4 is 23.6 Å². The van der Waals surface area contributed by atoms with Crippen LogP contribution in [0, 0.1) is 0 Å². The van der Waals surface area contributed by atoms with Gasteiger partial charge in [-0.3, -0.25) is 0 Å². The Balaban J connectivity index is 2.11. The summed E-state index contributed by atoms with van der Waals surface area (Å²) < 4.78 is 0. The SMILES string of the molecule is OB(O)c1cccc(-c2nc3ccccc3[nH]2)c1. The number of aromatic amines is 1. The van der Waals surface area contributed by atoms with Gasteiger partial charge in [0.05, 0.1) is 11.0 Å². The maximum atomic E-state index is 9.16. The molecule has 18 heavy (non-hydrogen) atoms. The molecule has 88 valence electrons. The molecule has 3 rings (SSSR count). The fraction of sp³-hybridized carbons (Fsp3) is 0. The van der Waals surface area contributed by atoms with Crippen molar-refractivity contribution in [3.63, 3.8) is 0 Å². The molecule has 0 amide bonds. The van der Waals surface area contributed by atoms with E-state index < -0.39 is 7.12 Å². The van der Waals surface area contributed by atoms with Gasteiger partial charge in [-0.05, 0) is 17.6 Å². The summed E-state index contributed by atoms with van der Waals surface area (Å²) in [5.74, 6) is 0.721. The Hall–Kier alpha value is -2.11. The van der Waals surface area contributed by atoms with Gasteiger partial charge in [-0.25, -0.2) is 4.98 Å². The molecule has 0 aliphatic carbocycles. The van der Waals surface area contributed by atoms with Crippen LogP contribution in [0.4, 0.5) is 0 Å². The summed E-state index contributed by atoms with van der Waals surface area (Å²) in [6.45, 7) is 0. The second kappa shape index (κ2) is 4.29. The van der Waals surface area contributed by atoms with Gasteiger partial charge in [0.25, 0.3) is 0 Å². The topological polar surface area (TPSA) is 69.1 Å². The van der Waals surface area contributed by atoms with Crippen LogP contribution in [0.1, 0.15) is 0 Å². The molecule has 0 aliphatic rings. The first kappa shape index (κ1) is 11.0. The molecule has 0 saturated heterocycles. The first-order chi connectivity index (χ1) is 8.74. The van der Waals surface area contributed by atoms with Crippen molar-refractivity contribution in [2.24, 2.45) is 0 Å². The van der Waals surface area contributed by atoms with E-state index in [9.17, 15) is 0 Å². The summed E-state index contributed by atoms with van der Waals surface area (Å²) in [7, 11) is -1.46. The van der Waals surface area contributed by atoms with E-state index >= 15 is 0 Å². The Bertz CT molecular complexity index is 661. The average Bonchev–Trinajstić information content (AvgIpc) is 2.82. The van der Waals surface area contributed by atoms with E-state index in [1.54, 1.807) is 18.2 Å². The number of imidazole rings is 1. The molecule has 3 aromatic rings. The van der Waals surface area contributed by atoms with Crippen molar-refractivity contribution in [2.45, 2.75) is 0 Å². The summed E-state index contributed by atoms with van der Waals surface area (Å²) in [6, 6.07) is 14.8. The van der Waals surface area contributed by atoms with Gasteiger partial charge >= 0.3 is 7.12 Å². The minimum atomic E-state index is -1.46. The summed E-state index contributed by atoms with van der Waals surface area (Å²) in [5, 5.41) is 18.3. The molecule has 0 bridgehead atoms.